The zero-order chi connectivity index (χ0) is 14.0. The van der Waals surface area contributed by atoms with Crippen LogP contribution in [0.3, 0.4) is 0 Å². The molecule has 0 saturated carbocycles. The molecule has 2 N–H and O–H groups in total. The van der Waals surface area contributed by atoms with Crippen LogP contribution in [0.25, 0.3) is 0 Å². The van der Waals surface area contributed by atoms with Crippen LogP contribution < -0.4 is 5.73 Å². The first-order valence-electron chi connectivity index (χ1n) is 6.44. The lowest BCUT2D eigenvalue weighted by molar-refractivity contribution is 0.243. The summed E-state index contributed by atoms with van der Waals surface area (Å²) >= 11 is 4.68. The van der Waals surface area contributed by atoms with Crippen molar-refractivity contribution in [2.24, 2.45) is 5.73 Å². The fourth-order valence-corrected chi connectivity index (χ4v) is 6.53. The maximum Gasteiger partial charge on any atom is 0.252 e. The standard InChI is InChI=1S/C12H19BrN2O2S2/c1-9-8-11(18-12(9)13)19(16,17)15-7-3-2-4-10(15)5-6-14/h8,10H,2-7,14H2,1H3. The second-order valence-electron chi connectivity index (χ2n) is 4.86. The van der Waals surface area contributed by atoms with Gasteiger partial charge in [-0.15, -0.1) is 11.3 Å². The number of halogens is 1. The minimum absolute atomic E-state index is 0.0601. The molecule has 7 heteroatoms. The molecule has 1 fully saturated rings. The second kappa shape index (κ2) is 6.22. The van der Waals surface area contributed by atoms with Crippen molar-refractivity contribution in [1.29, 1.82) is 0 Å². The molecular weight excluding hydrogens is 348 g/mol. The summed E-state index contributed by atoms with van der Waals surface area (Å²) in [6.07, 6.45) is 3.68. The molecule has 108 valence electrons. The molecule has 4 nitrogen and oxygen atoms in total. The highest BCUT2D eigenvalue weighted by Crippen LogP contribution is 2.34. The minimum Gasteiger partial charge on any atom is -0.330 e. The van der Waals surface area contributed by atoms with Gasteiger partial charge < -0.3 is 5.73 Å². The van der Waals surface area contributed by atoms with Crippen LogP contribution in [0.2, 0.25) is 0 Å². The predicted octanol–water partition coefficient (Wildman–Crippen LogP) is 2.71. The number of nitrogens with two attached hydrogens (primary N) is 1. The van der Waals surface area contributed by atoms with E-state index in [1.807, 2.05) is 6.92 Å². The van der Waals surface area contributed by atoms with E-state index in [0.717, 1.165) is 35.0 Å². The average molecular weight is 367 g/mol. The van der Waals surface area contributed by atoms with E-state index in [1.54, 1.807) is 10.4 Å². The largest absolute Gasteiger partial charge is 0.330 e. The molecule has 1 saturated heterocycles. The molecule has 2 heterocycles. The van der Waals surface area contributed by atoms with Crippen LogP contribution in [0, 0.1) is 6.92 Å². The van der Waals surface area contributed by atoms with Crippen molar-refractivity contribution >= 4 is 37.3 Å². The van der Waals surface area contributed by atoms with Crippen molar-refractivity contribution in [3.63, 3.8) is 0 Å². The Hall–Kier alpha value is 0.0500. The fourth-order valence-electron chi connectivity index (χ4n) is 2.45. The quantitative estimate of drug-likeness (QED) is 0.890. The third-order valence-corrected chi connectivity index (χ3v) is 8.01. The second-order valence-corrected chi connectivity index (χ2v) is 9.35. The third kappa shape index (κ3) is 3.21. The Morgan fingerprint density at radius 1 is 1.53 bits per heavy atom. The minimum atomic E-state index is -3.37. The molecule has 0 aliphatic carbocycles. The molecule has 2 rings (SSSR count). The molecule has 1 unspecified atom stereocenters. The van der Waals surface area contributed by atoms with Crippen molar-refractivity contribution < 1.29 is 8.42 Å². The Balaban J connectivity index is 2.31. The molecule has 0 bridgehead atoms. The topological polar surface area (TPSA) is 63.4 Å². The van der Waals surface area contributed by atoms with Gasteiger partial charge >= 0.3 is 0 Å². The summed E-state index contributed by atoms with van der Waals surface area (Å²) in [5, 5.41) is 0. The van der Waals surface area contributed by atoms with Crippen molar-refractivity contribution in [3.05, 3.63) is 15.4 Å². The summed E-state index contributed by atoms with van der Waals surface area (Å²) < 4.78 is 28.4. The lowest BCUT2D eigenvalue weighted by Crippen LogP contribution is -2.44. The summed E-state index contributed by atoms with van der Waals surface area (Å²) in [7, 11) is -3.37. The van der Waals surface area contributed by atoms with Gasteiger partial charge in [0.15, 0.2) is 0 Å². The van der Waals surface area contributed by atoms with E-state index in [2.05, 4.69) is 15.9 Å². The van der Waals surface area contributed by atoms with E-state index in [4.69, 9.17) is 5.73 Å². The Kier molecular flexibility index (Phi) is 5.05. The Morgan fingerprint density at radius 3 is 2.84 bits per heavy atom. The number of rotatable bonds is 4. The third-order valence-electron chi connectivity index (χ3n) is 3.47. The number of piperidine rings is 1. The number of hydrogen-bond donors (Lipinski definition) is 1. The van der Waals surface area contributed by atoms with Gasteiger partial charge in [0.05, 0.1) is 3.79 Å². The SMILES string of the molecule is Cc1cc(S(=O)(=O)N2CCCCC2CCN)sc1Br. The summed E-state index contributed by atoms with van der Waals surface area (Å²) in [5.74, 6) is 0. The first kappa shape index (κ1) is 15.4. The Labute approximate surface area is 127 Å². The van der Waals surface area contributed by atoms with Gasteiger partial charge in [0.1, 0.15) is 4.21 Å². The molecule has 1 aliphatic heterocycles. The van der Waals surface area contributed by atoms with Gasteiger partial charge in [-0.1, -0.05) is 6.42 Å². The number of sulfonamides is 1. The molecule has 0 aromatic carbocycles. The van der Waals surface area contributed by atoms with Gasteiger partial charge in [0, 0.05) is 12.6 Å². The van der Waals surface area contributed by atoms with E-state index >= 15 is 0 Å². The van der Waals surface area contributed by atoms with E-state index in [0.29, 0.717) is 17.3 Å². The highest BCUT2D eigenvalue weighted by atomic mass is 79.9. The summed E-state index contributed by atoms with van der Waals surface area (Å²) in [4.78, 5) is 0. The van der Waals surface area contributed by atoms with Crippen molar-refractivity contribution in [2.75, 3.05) is 13.1 Å². The van der Waals surface area contributed by atoms with Crippen LogP contribution in [-0.2, 0) is 10.0 Å². The van der Waals surface area contributed by atoms with E-state index in [9.17, 15) is 8.42 Å². The Morgan fingerprint density at radius 2 is 2.26 bits per heavy atom. The molecule has 0 spiro atoms. The lowest BCUT2D eigenvalue weighted by atomic mass is 10.0. The number of thiophene rings is 1. The molecule has 1 atom stereocenters. The van der Waals surface area contributed by atoms with Gasteiger partial charge in [0.2, 0.25) is 0 Å². The van der Waals surface area contributed by atoms with Crippen LogP contribution >= 0.6 is 27.3 Å². The molecule has 1 aromatic heterocycles. The highest BCUT2D eigenvalue weighted by molar-refractivity contribution is 9.11. The van der Waals surface area contributed by atoms with Crippen LogP contribution in [-0.4, -0.2) is 31.9 Å². The van der Waals surface area contributed by atoms with Gasteiger partial charge in [-0.2, -0.15) is 4.31 Å². The number of aryl methyl sites for hydroxylation is 1. The van der Waals surface area contributed by atoms with E-state index in [-0.39, 0.29) is 6.04 Å². The van der Waals surface area contributed by atoms with Gasteiger partial charge in [-0.3, -0.25) is 0 Å². The monoisotopic (exact) mass is 366 g/mol. The van der Waals surface area contributed by atoms with Gasteiger partial charge in [-0.05, 0) is 60.3 Å². The molecule has 1 aliphatic rings. The number of nitrogens with zero attached hydrogens (tertiary/aromatic N) is 1. The molecule has 0 amide bonds. The zero-order valence-corrected chi connectivity index (χ0v) is 14.2. The molecule has 19 heavy (non-hydrogen) atoms. The summed E-state index contributed by atoms with van der Waals surface area (Å²) in [6, 6.07) is 1.81. The number of hydrogen-bond acceptors (Lipinski definition) is 4. The van der Waals surface area contributed by atoms with Crippen LogP contribution in [0.5, 0.6) is 0 Å². The normalized spacial score (nSPS) is 21.7. The van der Waals surface area contributed by atoms with Crippen LogP contribution in [0.4, 0.5) is 0 Å². The van der Waals surface area contributed by atoms with Crippen LogP contribution in [0.1, 0.15) is 31.2 Å². The van der Waals surface area contributed by atoms with Crippen LogP contribution in [0.15, 0.2) is 14.1 Å². The lowest BCUT2D eigenvalue weighted by Gasteiger charge is -2.34. The zero-order valence-electron chi connectivity index (χ0n) is 10.9. The van der Waals surface area contributed by atoms with Crippen molar-refractivity contribution in [1.82, 2.24) is 4.31 Å². The first-order chi connectivity index (χ1) is 8.96. The summed E-state index contributed by atoms with van der Waals surface area (Å²) in [5.41, 5.74) is 6.57. The average Bonchev–Trinajstić information content (AvgIpc) is 2.71. The molecule has 1 aromatic rings. The first-order valence-corrected chi connectivity index (χ1v) is 9.49. The molecular formula is C12H19BrN2O2S2. The maximum absolute atomic E-state index is 12.7. The van der Waals surface area contributed by atoms with Crippen molar-refractivity contribution in [2.45, 2.75) is 42.9 Å². The summed E-state index contributed by atoms with van der Waals surface area (Å²) in [6.45, 7) is 3.05. The van der Waals surface area contributed by atoms with Gasteiger partial charge in [0.25, 0.3) is 10.0 Å². The van der Waals surface area contributed by atoms with E-state index in [1.165, 1.54) is 11.3 Å². The smallest absolute Gasteiger partial charge is 0.252 e. The Bertz CT molecular complexity index is 520. The fraction of sp³-hybridized carbons (Fsp3) is 0.667. The predicted molar refractivity (Wildman–Crippen MR) is 82.0 cm³/mol. The molecule has 0 radical (unpaired) electrons. The maximum atomic E-state index is 12.7. The highest BCUT2D eigenvalue weighted by Gasteiger charge is 2.34. The van der Waals surface area contributed by atoms with Gasteiger partial charge in [-0.25, -0.2) is 8.42 Å². The van der Waals surface area contributed by atoms with E-state index < -0.39 is 10.0 Å². The van der Waals surface area contributed by atoms with Crippen molar-refractivity contribution in [3.8, 4) is 0 Å².